The van der Waals surface area contributed by atoms with E-state index in [0.29, 0.717) is 5.92 Å². The Hall–Kier alpha value is -1.60. The molecule has 2 rings (SSSR count). The highest BCUT2D eigenvalue weighted by atomic mass is 14.6. The first-order valence-corrected chi connectivity index (χ1v) is 7.39. The van der Waals surface area contributed by atoms with Crippen LogP contribution in [0.4, 0.5) is 0 Å². The molecule has 0 saturated carbocycles. The molecule has 0 fully saturated rings. The summed E-state index contributed by atoms with van der Waals surface area (Å²) in [4.78, 5) is 0. The minimum absolute atomic E-state index is 0.0693. The van der Waals surface area contributed by atoms with E-state index >= 15 is 0 Å². The van der Waals surface area contributed by atoms with Crippen LogP contribution in [0, 0.1) is 13.8 Å². The average molecular weight is 267 g/mol. The van der Waals surface area contributed by atoms with Crippen LogP contribution in [-0.4, -0.2) is 0 Å². The number of aryl methyl sites for hydroxylation is 2. The summed E-state index contributed by atoms with van der Waals surface area (Å²) in [5.41, 5.74) is 12.9. The summed E-state index contributed by atoms with van der Waals surface area (Å²) < 4.78 is 0. The van der Waals surface area contributed by atoms with Crippen molar-refractivity contribution in [2.24, 2.45) is 5.73 Å². The lowest BCUT2D eigenvalue weighted by Crippen LogP contribution is -2.15. The predicted molar refractivity (Wildman–Crippen MR) is 87.1 cm³/mol. The molecule has 0 aliphatic heterocycles. The van der Waals surface area contributed by atoms with Crippen molar-refractivity contribution >= 4 is 0 Å². The van der Waals surface area contributed by atoms with Crippen LogP contribution in [0.3, 0.4) is 0 Å². The van der Waals surface area contributed by atoms with Crippen molar-refractivity contribution in [3.63, 3.8) is 0 Å². The Kier molecular flexibility index (Phi) is 4.61. The molecule has 1 nitrogen and oxygen atoms in total. The third kappa shape index (κ3) is 3.49. The zero-order chi connectivity index (χ0) is 14.7. The van der Waals surface area contributed by atoms with Gasteiger partial charge in [-0.3, -0.25) is 0 Å². The van der Waals surface area contributed by atoms with Gasteiger partial charge in [0.25, 0.3) is 0 Å². The van der Waals surface area contributed by atoms with E-state index in [2.05, 4.69) is 70.2 Å². The van der Waals surface area contributed by atoms with Gasteiger partial charge in [-0.05, 0) is 48.4 Å². The Morgan fingerprint density at radius 1 is 0.950 bits per heavy atom. The lowest BCUT2D eigenvalue weighted by atomic mass is 9.93. The molecule has 0 amide bonds. The van der Waals surface area contributed by atoms with Crippen LogP contribution in [-0.2, 0) is 6.42 Å². The fraction of sp³-hybridized carbons (Fsp3) is 0.368. The molecule has 0 aromatic heterocycles. The zero-order valence-corrected chi connectivity index (χ0v) is 13.0. The molecule has 1 heteroatoms. The molecule has 0 aliphatic carbocycles. The molecule has 2 aromatic rings. The number of benzene rings is 2. The molecular weight excluding hydrogens is 242 g/mol. The minimum atomic E-state index is 0.0693. The van der Waals surface area contributed by atoms with Crippen molar-refractivity contribution in [2.45, 2.75) is 46.1 Å². The Balaban J connectivity index is 2.14. The second kappa shape index (κ2) is 6.23. The number of rotatable bonds is 4. The number of hydrogen-bond donors (Lipinski definition) is 1. The van der Waals surface area contributed by atoms with Crippen LogP contribution >= 0.6 is 0 Å². The minimum Gasteiger partial charge on any atom is -0.324 e. The van der Waals surface area contributed by atoms with Crippen LogP contribution in [0.2, 0.25) is 0 Å². The standard InChI is InChI=1S/C19H25N/c1-13(2)17-9-7-16(8-10-17)12-19(20)18-11-14(3)5-6-15(18)4/h5-11,13,19H,12,20H2,1-4H3. The molecule has 0 radical (unpaired) electrons. The normalized spacial score (nSPS) is 12.7. The van der Waals surface area contributed by atoms with Crippen molar-refractivity contribution in [2.75, 3.05) is 0 Å². The van der Waals surface area contributed by atoms with Crippen LogP contribution < -0.4 is 5.73 Å². The van der Waals surface area contributed by atoms with E-state index in [1.54, 1.807) is 0 Å². The van der Waals surface area contributed by atoms with Gasteiger partial charge in [0.2, 0.25) is 0 Å². The molecule has 2 N–H and O–H groups in total. The maximum Gasteiger partial charge on any atom is 0.0338 e. The first-order valence-electron chi connectivity index (χ1n) is 7.39. The van der Waals surface area contributed by atoms with Gasteiger partial charge in [0, 0.05) is 6.04 Å². The Morgan fingerprint density at radius 3 is 2.20 bits per heavy atom. The summed E-state index contributed by atoms with van der Waals surface area (Å²) in [6.45, 7) is 8.69. The number of hydrogen-bond acceptors (Lipinski definition) is 1. The molecule has 0 bridgehead atoms. The van der Waals surface area contributed by atoms with Gasteiger partial charge in [-0.25, -0.2) is 0 Å². The van der Waals surface area contributed by atoms with Crippen molar-refractivity contribution in [1.29, 1.82) is 0 Å². The van der Waals surface area contributed by atoms with Crippen molar-refractivity contribution in [3.05, 3.63) is 70.3 Å². The summed E-state index contributed by atoms with van der Waals surface area (Å²) >= 11 is 0. The van der Waals surface area contributed by atoms with Gasteiger partial charge >= 0.3 is 0 Å². The second-order valence-electron chi connectivity index (χ2n) is 6.07. The fourth-order valence-electron chi connectivity index (χ4n) is 2.56. The lowest BCUT2D eigenvalue weighted by Gasteiger charge is -2.16. The van der Waals surface area contributed by atoms with Crippen LogP contribution in [0.15, 0.2) is 42.5 Å². The van der Waals surface area contributed by atoms with Gasteiger partial charge in [-0.2, -0.15) is 0 Å². The zero-order valence-electron chi connectivity index (χ0n) is 13.0. The maximum atomic E-state index is 6.39. The molecular formula is C19H25N. The maximum absolute atomic E-state index is 6.39. The first-order chi connectivity index (χ1) is 9.47. The van der Waals surface area contributed by atoms with Crippen LogP contribution in [0.1, 0.15) is 53.6 Å². The highest BCUT2D eigenvalue weighted by Gasteiger charge is 2.10. The van der Waals surface area contributed by atoms with Crippen molar-refractivity contribution in [3.8, 4) is 0 Å². The summed E-state index contributed by atoms with van der Waals surface area (Å²) in [7, 11) is 0. The quantitative estimate of drug-likeness (QED) is 0.856. The fourth-order valence-corrected chi connectivity index (χ4v) is 2.56. The highest BCUT2D eigenvalue weighted by Crippen LogP contribution is 2.22. The van der Waals surface area contributed by atoms with Crippen LogP contribution in [0.5, 0.6) is 0 Å². The van der Waals surface area contributed by atoms with E-state index in [0.717, 1.165) is 6.42 Å². The van der Waals surface area contributed by atoms with Gasteiger partial charge < -0.3 is 5.73 Å². The smallest absolute Gasteiger partial charge is 0.0338 e. The summed E-state index contributed by atoms with van der Waals surface area (Å²) in [5.74, 6) is 0.580. The molecule has 0 heterocycles. The van der Waals surface area contributed by atoms with E-state index in [-0.39, 0.29) is 6.04 Å². The lowest BCUT2D eigenvalue weighted by molar-refractivity contribution is 0.715. The highest BCUT2D eigenvalue weighted by molar-refractivity contribution is 5.34. The Labute approximate surface area is 122 Å². The van der Waals surface area contributed by atoms with Gasteiger partial charge in [0.15, 0.2) is 0 Å². The first kappa shape index (κ1) is 14.8. The van der Waals surface area contributed by atoms with E-state index in [4.69, 9.17) is 5.73 Å². The van der Waals surface area contributed by atoms with E-state index in [1.165, 1.54) is 27.8 Å². The third-order valence-electron chi connectivity index (χ3n) is 3.94. The van der Waals surface area contributed by atoms with E-state index in [1.807, 2.05) is 0 Å². The molecule has 106 valence electrons. The van der Waals surface area contributed by atoms with E-state index in [9.17, 15) is 0 Å². The monoisotopic (exact) mass is 267 g/mol. The Bertz CT molecular complexity index is 567. The Morgan fingerprint density at radius 2 is 1.60 bits per heavy atom. The second-order valence-corrected chi connectivity index (χ2v) is 6.07. The summed E-state index contributed by atoms with van der Waals surface area (Å²) in [6.07, 6.45) is 0.892. The summed E-state index contributed by atoms with van der Waals surface area (Å²) in [5, 5.41) is 0. The third-order valence-corrected chi connectivity index (χ3v) is 3.94. The van der Waals surface area contributed by atoms with Gasteiger partial charge in [-0.15, -0.1) is 0 Å². The predicted octanol–water partition coefficient (Wildman–Crippen LogP) is 4.67. The average Bonchev–Trinajstić information content (AvgIpc) is 2.42. The molecule has 2 aromatic carbocycles. The van der Waals surface area contributed by atoms with E-state index < -0.39 is 0 Å². The van der Waals surface area contributed by atoms with Crippen LogP contribution in [0.25, 0.3) is 0 Å². The van der Waals surface area contributed by atoms with Crippen molar-refractivity contribution < 1.29 is 0 Å². The molecule has 0 aliphatic rings. The largest absolute Gasteiger partial charge is 0.324 e. The molecule has 20 heavy (non-hydrogen) atoms. The number of nitrogens with two attached hydrogens (primary N) is 1. The molecule has 0 saturated heterocycles. The van der Waals surface area contributed by atoms with Gasteiger partial charge in [0.1, 0.15) is 0 Å². The molecule has 1 atom stereocenters. The topological polar surface area (TPSA) is 26.0 Å². The SMILES string of the molecule is Cc1ccc(C)c(C(N)Cc2ccc(C(C)C)cc2)c1. The molecule has 0 spiro atoms. The van der Waals surface area contributed by atoms with Gasteiger partial charge in [-0.1, -0.05) is 61.9 Å². The molecule has 1 unspecified atom stereocenters. The summed E-state index contributed by atoms with van der Waals surface area (Å²) in [6, 6.07) is 15.4. The van der Waals surface area contributed by atoms with Crippen molar-refractivity contribution in [1.82, 2.24) is 0 Å². The van der Waals surface area contributed by atoms with Gasteiger partial charge in [0.05, 0.1) is 0 Å².